The third-order valence-corrected chi connectivity index (χ3v) is 3.05. The largest absolute Gasteiger partial charge is 0.316 e. The molecule has 4 heteroatoms. The molecule has 0 aliphatic carbocycles. The molecule has 90 valence electrons. The topological polar surface area (TPSA) is 53.6 Å². The van der Waals surface area contributed by atoms with Crippen LogP contribution in [0.25, 0.3) is 0 Å². The van der Waals surface area contributed by atoms with Crippen molar-refractivity contribution in [3.8, 4) is 0 Å². The van der Waals surface area contributed by atoms with E-state index in [4.69, 9.17) is 0 Å². The molecule has 1 fully saturated rings. The van der Waals surface area contributed by atoms with Crippen LogP contribution < -0.4 is 5.32 Å². The van der Waals surface area contributed by atoms with Crippen LogP contribution in [0.5, 0.6) is 0 Å². The standard InChI is InChI=1S/C12H22N4/c1-9(2)6-11-14-12(16-15-11)7-10-4-3-5-13-8-10/h9-10,13H,3-8H2,1-2H3,(H,14,15,16). The van der Waals surface area contributed by atoms with Gasteiger partial charge in [-0.15, -0.1) is 0 Å². The third-order valence-electron chi connectivity index (χ3n) is 3.05. The Morgan fingerprint density at radius 1 is 1.44 bits per heavy atom. The van der Waals surface area contributed by atoms with Crippen LogP contribution in [0, 0.1) is 11.8 Å². The molecule has 1 atom stereocenters. The van der Waals surface area contributed by atoms with Crippen LogP contribution >= 0.6 is 0 Å². The van der Waals surface area contributed by atoms with Crippen molar-refractivity contribution in [3.63, 3.8) is 0 Å². The Labute approximate surface area is 97.2 Å². The molecule has 2 heterocycles. The normalized spacial score (nSPS) is 21.6. The highest BCUT2D eigenvalue weighted by atomic mass is 15.2. The molecule has 1 saturated heterocycles. The Hall–Kier alpha value is -0.900. The van der Waals surface area contributed by atoms with E-state index in [1.807, 2.05) is 0 Å². The van der Waals surface area contributed by atoms with Gasteiger partial charge in [0.2, 0.25) is 0 Å². The molecule has 2 rings (SSSR count). The molecule has 1 aromatic rings. The van der Waals surface area contributed by atoms with E-state index in [1.165, 1.54) is 19.4 Å². The van der Waals surface area contributed by atoms with Gasteiger partial charge in [-0.2, -0.15) is 5.10 Å². The van der Waals surface area contributed by atoms with E-state index >= 15 is 0 Å². The molecule has 0 spiro atoms. The number of nitrogens with one attached hydrogen (secondary N) is 2. The molecule has 16 heavy (non-hydrogen) atoms. The first-order valence-electron chi connectivity index (χ1n) is 6.35. The van der Waals surface area contributed by atoms with Crippen LogP contribution in [0.3, 0.4) is 0 Å². The second-order valence-electron chi connectivity index (χ2n) is 5.21. The summed E-state index contributed by atoms with van der Waals surface area (Å²) in [5.74, 6) is 3.38. The minimum absolute atomic E-state index is 0.636. The van der Waals surface area contributed by atoms with E-state index < -0.39 is 0 Å². The molecule has 2 N–H and O–H groups in total. The van der Waals surface area contributed by atoms with Gasteiger partial charge in [-0.25, -0.2) is 4.98 Å². The Bertz CT molecular complexity index is 313. The molecular formula is C12H22N4. The average Bonchev–Trinajstić information content (AvgIpc) is 2.66. The number of aromatic amines is 1. The summed E-state index contributed by atoms with van der Waals surface area (Å²) < 4.78 is 0. The van der Waals surface area contributed by atoms with Crippen molar-refractivity contribution in [3.05, 3.63) is 11.6 Å². The average molecular weight is 222 g/mol. The maximum absolute atomic E-state index is 4.55. The number of aromatic nitrogens is 3. The Kier molecular flexibility index (Phi) is 3.93. The summed E-state index contributed by atoms with van der Waals surface area (Å²) >= 11 is 0. The van der Waals surface area contributed by atoms with E-state index in [9.17, 15) is 0 Å². The first kappa shape index (κ1) is 11.6. The van der Waals surface area contributed by atoms with Crippen LogP contribution in [0.1, 0.15) is 38.3 Å². The highest BCUT2D eigenvalue weighted by Gasteiger charge is 2.16. The Morgan fingerprint density at radius 3 is 3.00 bits per heavy atom. The maximum Gasteiger partial charge on any atom is 0.151 e. The smallest absolute Gasteiger partial charge is 0.151 e. The maximum atomic E-state index is 4.55. The zero-order valence-corrected chi connectivity index (χ0v) is 10.3. The summed E-state index contributed by atoms with van der Waals surface area (Å²) in [6.45, 7) is 6.69. The molecule has 0 amide bonds. The summed E-state index contributed by atoms with van der Waals surface area (Å²) in [5.41, 5.74) is 0. The van der Waals surface area contributed by atoms with Gasteiger partial charge in [-0.05, 0) is 37.8 Å². The van der Waals surface area contributed by atoms with E-state index in [2.05, 4.69) is 34.3 Å². The third kappa shape index (κ3) is 3.30. The van der Waals surface area contributed by atoms with Crippen LogP contribution in [0.15, 0.2) is 0 Å². The van der Waals surface area contributed by atoms with Gasteiger partial charge in [0, 0.05) is 12.8 Å². The number of nitrogens with zero attached hydrogens (tertiary/aromatic N) is 2. The lowest BCUT2D eigenvalue weighted by molar-refractivity contribution is 0.371. The highest BCUT2D eigenvalue weighted by molar-refractivity contribution is 4.93. The lowest BCUT2D eigenvalue weighted by Gasteiger charge is -2.21. The Balaban J connectivity index is 1.86. The van der Waals surface area contributed by atoms with Gasteiger partial charge in [0.25, 0.3) is 0 Å². The minimum atomic E-state index is 0.636. The van der Waals surface area contributed by atoms with Crippen LogP contribution in [0.4, 0.5) is 0 Å². The molecule has 0 radical (unpaired) electrons. The van der Waals surface area contributed by atoms with Crippen molar-refractivity contribution in [1.82, 2.24) is 20.5 Å². The van der Waals surface area contributed by atoms with Gasteiger partial charge >= 0.3 is 0 Å². The second-order valence-corrected chi connectivity index (χ2v) is 5.21. The molecular weight excluding hydrogens is 200 g/mol. The number of hydrogen-bond acceptors (Lipinski definition) is 3. The van der Waals surface area contributed by atoms with E-state index in [0.717, 1.165) is 37.0 Å². The zero-order valence-electron chi connectivity index (χ0n) is 10.3. The van der Waals surface area contributed by atoms with E-state index in [1.54, 1.807) is 0 Å². The van der Waals surface area contributed by atoms with Gasteiger partial charge in [-0.1, -0.05) is 13.8 Å². The van der Waals surface area contributed by atoms with Gasteiger partial charge < -0.3 is 5.32 Å². The van der Waals surface area contributed by atoms with Gasteiger partial charge in [0.1, 0.15) is 5.82 Å². The fourth-order valence-corrected chi connectivity index (χ4v) is 2.26. The SMILES string of the molecule is CC(C)Cc1nc(CC2CCCNC2)n[nH]1. The monoisotopic (exact) mass is 222 g/mol. The number of hydrogen-bond donors (Lipinski definition) is 2. The summed E-state index contributed by atoms with van der Waals surface area (Å²) in [7, 11) is 0. The zero-order chi connectivity index (χ0) is 11.4. The minimum Gasteiger partial charge on any atom is -0.316 e. The molecule has 4 nitrogen and oxygen atoms in total. The van der Waals surface area contributed by atoms with Crippen LogP contribution in [-0.4, -0.2) is 28.3 Å². The molecule has 0 aromatic carbocycles. The molecule has 1 aliphatic rings. The number of piperidine rings is 1. The summed E-state index contributed by atoms with van der Waals surface area (Å²) in [5, 5.41) is 10.8. The first-order chi connectivity index (χ1) is 7.74. The van der Waals surface area contributed by atoms with Crippen molar-refractivity contribution >= 4 is 0 Å². The predicted octanol–water partition coefficient (Wildman–Crippen LogP) is 1.55. The fraction of sp³-hybridized carbons (Fsp3) is 0.833. The van der Waals surface area contributed by atoms with Crippen molar-refractivity contribution < 1.29 is 0 Å². The predicted molar refractivity (Wildman–Crippen MR) is 64.2 cm³/mol. The van der Waals surface area contributed by atoms with E-state index in [-0.39, 0.29) is 0 Å². The van der Waals surface area contributed by atoms with Crippen LogP contribution in [0.2, 0.25) is 0 Å². The van der Waals surface area contributed by atoms with Gasteiger partial charge in [0.15, 0.2) is 5.82 Å². The lowest BCUT2D eigenvalue weighted by Crippen LogP contribution is -2.31. The highest BCUT2D eigenvalue weighted by Crippen LogP contribution is 2.14. The molecule has 0 bridgehead atoms. The van der Waals surface area contributed by atoms with Crippen molar-refractivity contribution in [2.75, 3.05) is 13.1 Å². The molecule has 1 unspecified atom stereocenters. The molecule has 0 saturated carbocycles. The van der Waals surface area contributed by atoms with Crippen molar-refractivity contribution in [2.45, 2.75) is 39.5 Å². The lowest BCUT2D eigenvalue weighted by atomic mass is 9.96. The number of H-pyrrole nitrogens is 1. The van der Waals surface area contributed by atoms with Crippen molar-refractivity contribution in [1.29, 1.82) is 0 Å². The quantitative estimate of drug-likeness (QED) is 0.812. The van der Waals surface area contributed by atoms with Gasteiger partial charge in [0.05, 0.1) is 0 Å². The van der Waals surface area contributed by atoms with Crippen LogP contribution in [-0.2, 0) is 12.8 Å². The second kappa shape index (κ2) is 5.43. The summed E-state index contributed by atoms with van der Waals surface area (Å²) in [6.07, 6.45) is 4.60. The summed E-state index contributed by atoms with van der Waals surface area (Å²) in [6, 6.07) is 0. The van der Waals surface area contributed by atoms with Gasteiger partial charge in [-0.3, -0.25) is 5.10 Å². The summed E-state index contributed by atoms with van der Waals surface area (Å²) in [4.78, 5) is 4.55. The molecule has 1 aromatic heterocycles. The Morgan fingerprint density at radius 2 is 2.31 bits per heavy atom. The molecule has 1 aliphatic heterocycles. The first-order valence-corrected chi connectivity index (χ1v) is 6.35. The fourth-order valence-electron chi connectivity index (χ4n) is 2.26. The van der Waals surface area contributed by atoms with E-state index in [0.29, 0.717) is 5.92 Å². The van der Waals surface area contributed by atoms with Crippen molar-refractivity contribution in [2.24, 2.45) is 11.8 Å². The number of rotatable bonds is 4.